The number of benzene rings is 2. The Hall–Kier alpha value is -3.24. The molecule has 0 saturated heterocycles. The van der Waals surface area contributed by atoms with Crippen LogP contribution in [0.4, 0.5) is 17.6 Å². The van der Waals surface area contributed by atoms with Crippen LogP contribution < -0.4 is 5.73 Å². The topological polar surface area (TPSA) is 81.1 Å². The van der Waals surface area contributed by atoms with Crippen molar-refractivity contribution in [1.82, 2.24) is 9.78 Å². The summed E-state index contributed by atoms with van der Waals surface area (Å²) >= 11 is 1.20. The lowest BCUT2D eigenvalue weighted by atomic mass is 10.1. The molecule has 0 radical (unpaired) electrons. The van der Waals surface area contributed by atoms with Gasteiger partial charge in [-0.25, -0.2) is 9.07 Å². The predicted octanol–water partition coefficient (Wildman–Crippen LogP) is 4.74. The van der Waals surface area contributed by atoms with Gasteiger partial charge in [0.25, 0.3) is 5.91 Å². The molecule has 0 aliphatic heterocycles. The number of alkyl halides is 3. The Labute approximate surface area is 183 Å². The molecule has 166 valence electrons. The van der Waals surface area contributed by atoms with E-state index in [4.69, 9.17) is 5.73 Å². The minimum atomic E-state index is -4.45. The molecule has 2 heterocycles. The van der Waals surface area contributed by atoms with Crippen molar-refractivity contribution in [1.29, 1.82) is 0 Å². The lowest BCUT2D eigenvalue weighted by Crippen LogP contribution is -2.15. The van der Waals surface area contributed by atoms with E-state index in [2.05, 4.69) is 5.10 Å². The van der Waals surface area contributed by atoms with Crippen molar-refractivity contribution in [2.75, 3.05) is 0 Å². The van der Waals surface area contributed by atoms with E-state index in [0.29, 0.717) is 26.5 Å². The molecule has 10 heteroatoms. The lowest BCUT2D eigenvalue weighted by molar-refractivity contribution is -0.137. The number of primary amides is 1. The van der Waals surface area contributed by atoms with E-state index in [1.165, 1.54) is 34.2 Å². The standard InChI is InChI=1S/C22H17F4N3O2S/c1-11-19(21(27)31)18(10-30)29(28-11)17-6-5-16(23)15-9-14(32-20(15)17)8-12-3-2-4-13(7-12)22(24,25)26/h2-7,9,30H,8,10H2,1H3,(H2,27,31). The number of aromatic nitrogens is 2. The van der Waals surface area contributed by atoms with Crippen LogP contribution in [0.15, 0.2) is 42.5 Å². The molecule has 0 saturated carbocycles. The molecule has 2 aromatic heterocycles. The van der Waals surface area contributed by atoms with Gasteiger partial charge in [0.1, 0.15) is 5.82 Å². The molecule has 0 bridgehead atoms. The number of hydrogen-bond acceptors (Lipinski definition) is 4. The Balaban J connectivity index is 1.82. The van der Waals surface area contributed by atoms with Gasteiger partial charge in [0, 0.05) is 16.7 Å². The van der Waals surface area contributed by atoms with E-state index >= 15 is 0 Å². The molecule has 4 aromatic rings. The maximum absolute atomic E-state index is 14.6. The Morgan fingerprint density at radius 1 is 1.22 bits per heavy atom. The first-order valence-corrected chi connectivity index (χ1v) is 10.3. The molecule has 32 heavy (non-hydrogen) atoms. The van der Waals surface area contributed by atoms with Crippen molar-refractivity contribution in [3.63, 3.8) is 0 Å². The third kappa shape index (κ3) is 3.87. The van der Waals surface area contributed by atoms with Crippen LogP contribution in [0.1, 0.15) is 37.7 Å². The van der Waals surface area contributed by atoms with E-state index in [9.17, 15) is 27.5 Å². The van der Waals surface area contributed by atoms with Crippen LogP contribution in [0.5, 0.6) is 0 Å². The zero-order valence-corrected chi connectivity index (χ0v) is 17.5. The first-order valence-electron chi connectivity index (χ1n) is 9.46. The van der Waals surface area contributed by atoms with Gasteiger partial charge in [0.15, 0.2) is 0 Å². The van der Waals surface area contributed by atoms with E-state index in [1.54, 1.807) is 19.1 Å². The Bertz CT molecular complexity index is 1340. The Morgan fingerprint density at radius 3 is 2.62 bits per heavy atom. The zero-order chi connectivity index (χ0) is 23.2. The molecule has 0 fully saturated rings. The van der Waals surface area contributed by atoms with Crippen LogP contribution in [-0.2, 0) is 19.2 Å². The maximum atomic E-state index is 14.6. The predicted molar refractivity (Wildman–Crippen MR) is 112 cm³/mol. The summed E-state index contributed by atoms with van der Waals surface area (Å²) in [6.45, 7) is 1.06. The second kappa shape index (κ2) is 8.03. The van der Waals surface area contributed by atoms with Gasteiger partial charge in [-0.1, -0.05) is 18.2 Å². The van der Waals surface area contributed by atoms with Crippen LogP contribution >= 0.6 is 11.3 Å². The fourth-order valence-corrected chi connectivity index (χ4v) is 4.88. The number of halogens is 4. The fraction of sp³-hybridized carbons (Fsp3) is 0.182. The average Bonchev–Trinajstić information content (AvgIpc) is 3.29. The number of aliphatic hydroxyl groups excluding tert-OH is 1. The molecule has 3 N–H and O–H groups in total. The molecule has 5 nitrogen and oxygen atoms in total. The minimum absolute atomic E-state index is 0.0886. The molecule has 1 amide bonds. The lowest BCUT2D eigenvalue weighted by Gasteiger charge is -2.08. The monoisotopic (exact) mass is 463 g/mol. The summed E-state index contributed by atoms with van der Waals surface area (Å²) in [6.07, 6.45) is -4.27. The normalized spacial score (nSPS) is 11.9. The number of nitrogens with two attached hydrogens (primary N) is 1. The number of nitrogens with zero attached hydrogens (tertiary/aromatic N) is 2. The first kappa shape index (κ1) is 22.0. The van der Waals surface area contributed by atoms with Crippen molar-refractivity contribution in [2.45, 2.75) is 26.1 Å². The highest BCUT2D eigenvalue weighted by atomic mass is 32.1. The van der Waals surface area contributed by atoms with Crippen LogP contribution in [0.2, 0.25) is 0 Å². The van der Waals surface area contributed by atoms with E-state index in [-0.39, 0.29) is 23.1 Å². The summed E-state index contributed by atoms with van der Waals surface area (Å²) in [7, 11) is 0. The molecule has 0 spiro atoms. The molecule has 0 aliphatic rings. The minimum Gasteiger partial charge on any atom is -0.390 e. The number of carbonyl (C=O) groups is 1. The number of fused-ring (bicyclic) bond motifs is 1. The molecular weight excluding hydrogens is 446 g/mol. The number of amides is 1. The number of thiophene rings is 1. The third-order valence-corrected chi connectivity index (χ3v) is 6.23. The zero-order valence-electron chi connectivity index (χ0n) is 16.7. The second-order valence-corrected chi connectivity index (χ2v) is 8.37. The van der Waals surface area contributed by atoms with Gasteiger partial charge in [0.2, 0.25) is 0 Å². The van der Waals surface area contributed by atoms with Gasteiger partial charge >= 0.3 is 6.18 Å². The SMILES string of the molecule is Cc1nn(-c2ccc(F)c3cc(Cc4cccc(C(F)(F)F)c4)sc23)c(CO)c1C(N)=O. The summed E-state index contributed by atoms with van der Waals surface area (Å²) in [5, 5.41) is 14.4. The highest BCUT2D eigenvalue weighted by Crippen LogP contribution is 2.36. The molecular formula is C22H17F4N3O2S. The van der Waals surface area contributed by atoms with Crippen LogP contribution in [-0.4, -0.2) is 20.8 Å². The van der Waals surface area contributed by atoms with Crippen molar-refractivity contribution < 1.29 is 27.5 Å². The number of carbonyl (C=O) groups excluding carboxylic acids is 1. The van der Waals surface area contributed by atoms with Crippen molar-refractivity contribution in [2.24, 2.45) is 5.73 Å². The summed E-state index contributed by atoms with van der Waals surface area (Å²) in [5.41, 5.74) is 6.12. The molecule has 4 rings (SSSR count). The van der Waals surface area contributed by atoms with Crippen molar-refractivity contribution in [3.8, 4) is 5.69 Å². The maximum Gasteiger partial charge on any atom is 0.416 e. The van der Waals surface area contributed by atoms with Crippen molar-refractivity contribution >= 4 is 27.3 Å². The number of hydrogen-bond donors (Lipinski definition) is 2. The number of rotatable bonds is 5. The van der Waals surface area contributed by atoms with Gasteiger partial charge in [0.05, 0.1) is 39.5 Å². The van der Waals surface area contributed by atoms with Crippen LogP contribution in [0, 0.1) is 12.7 Å². The Morgan fingerprint density at radius 2 is 1.97 bits per heavy atom. The molecule has 0 atom stereocenters. The number of aliphatic hydroxyl groups is 1. The first-order chi connectivity index (χ1) is 15.1. The summed E-state index contributed by atoms with van der Waals surface area (Å²) < 4.78 is 55.5. The van der Waals surface area contributed by atoms with E-state index in [1.807, 2.05) is 0 Å². The van der Waals surface area contributed by atoms with Gasteiger partial charge < -0.3 is 10.8 Å². The Kier molecular flexibility index (Phi) is 5.51. The summed E-state index contributed by atoms with van der Waals surface area (Å²) in [6, 6.07) is 9.28. The van der Waals surface area contributed by atoms with Gasteiger partial charge in [-0.2, -0.15) is 18.3 Å². The third-order valence-electron chi connectivity index (χ3n) is 5.07. The highest BCUT2D eigenvalue weighted by molar-refractivity contribution is 7.19. The van der Waals surface area contributed by atoms with Gasteiger partial charge in [-0.05, 0) is 36.8 Å². The van der Waals surface area contributed by atoms with Crippen LogP contribution in [0.25, 0.3) is 15.8 Å². The summed E-state index contributed by atoms with van der Waals surface area (Å²) in [5.74, 6) is -1.24. The smallest absolute Gasteiger partial charge is 0.390 e. The average molecular weight is 463 g/mol. The van der Waals surface area contributed by atoms with Gasteiger partial charge in [-0.3, -0.25) is 4.79 Å². The summed E-state index contributed by atoms with van der Waals surface area (Å²) in [4.78, 5) is 12.4. The highest BCUT2D eigenvalue weighted by Gasteiger charge is 2.30. The van der Waals surface area contributed by atoms with E-state index in [0.717, 1.165) is 12.1 Å². The molecule has 0 unspecified atom stereocenters. The van der Waals surface area contributed by atoms with Gasteiger partial charge in [-0.15, -0.1) is 11.3 Å². The molecule has 0 aliphatic carbocycles. The molecule has 2 aromatic carbocycles. The quantitative estimate of drug-likeness (QED) is 0.420. The van der Waals surface area contributed by atoms with E-state index < -0.39 is 30.1 Å². The number of aryl methyl sites for hydroxylation is 1. The second-order valence-electron chi connectivity index (χ2n) is 7.24. The fourth-order valence-electron chi connectivity index (χ4n) is 3.68. The van der Waals surface area contributed by atoms with Crippen LogP contribution in [0.3, 0.4) is 0 Å². The largest absolute Gasteiger partial charge is 0.416 e. The van der Waals surface area contributed by atoms with Crippen molar-refractivity contribution in [3.05, 3.63) is 81.2 Å².